The van der Waals surface area contributed by atoms with Crippen molar-refractivity contribution in [2.45, 2.75) is 56.8 Å². The highest BCUT2D eigenvalue weighted by Gasteiger charge is 2.34. The molecule has 1 aromatic carbocycles. The summed E-state index contributed by atoms with van der Waals surface area (Å²) in [6.07, 6.45) is 8.65. The number of hydrogen-bond donors (Lipinski definition) is 1. The number of aliphatic hydroxyl groups excluding tert-OH is 1. The lowest BCUT2D eigenvalue weighted by molar-refractivity contribution is -0.157. The Morgan fingerprint density at radius 1 is 1.03 bits per heavy atom. The first kappa shape index (κ1) is 26.9. The number of hydrogen-bond acceptors (Lipinski definition) is 8. The predicted octanol–water partition coefficient (Wildman–Crippen LogP) is 3.01. The van der Waals surface area contributed by atoms with Gasteiger partial charge in [-0.1, -0.05) is 18.6 Å². The van der Waals surface area contributed by atoms with Crippen molar-refractivity contribution in [1.82, 2.24) is 9.80 Å². The lowest BCUT2D eigenvalue weighted by atomic mass is 9.93. The Hall–Kier alpha value is -2.72. The topological polar surface area (TPSA) is 102 Å². The number of allylic oxidation sites excluding steroid dienone is 1. The summed E-state index contributed by atoms with van der Waals surface area (Å²) in [5.74, 6) is -0.341. The van der Waals surface area contributed by atoms with E-state index in [9.17, 15) is 9.59 Å². The van der Waals surface area contributed by atoms with Crippen molar-refractivity contribution < 1.29 is 28.5 Å². The van der Waals surface area contributed by atoms with Crippen molar-refractivity contribution in [1.29, 1.82) is 0 Å². The normalized spacial score (nSPS) is 23.3. The van der Waals surface area contributed by atoms with E-state index in [2.05, 4.69) is 4.90 Å². The molecule has 0 radical (unpaired) electrons. The molecule has 3 aliphatic heterocycles. The zero-order valence-electron chi connectivity index (χ0n) is 21.9. The third kappa shape index (κ3) is 6.29. The Balaban J connectivity index is 1.31. The molecule has 9 nitrogen and oxygen atoms in total. The van der Waals surface area contributed by atoms with Crippen LogP contribution in [0.4, 0.5) is 0 Å². The molecule has 38 heavy (non-hydrogen) atoms. The fourth-order valence-corrected chi connectivity index (χ4v) is 5.75. The molecular formula is C29H38N2O7. The SMILES string of the molecule is O=C(C1=CC(c2coc3ccccc3c2=O)CC(OCCOCCO)O1)N1CCC(N2CCCCC2)CC1. The van der Waals surface area contributed by atoms with Crippen molar-refractivity contribution in [2.24, 2.45) is 0 Å². The Morgan fingerprint density at radius 2 is 1.82 bits per heavy atom. The Bertz CT molecular complexity index is 1160. The molecule has 1 amide bonds. The van der Waals surface area contributed by atoms with Crippen LogP contribution in [-0.4, -0.2) is 85.8 Å². The molecule has 9 heteroatoms. The molecule has 0 spiro atoms. The quantitative estimate of drug-likeness (QED) is 0.498. The second kappa shape index (κ2) is 12.9. The van der Waals surface area contributed by atoms with E-state index in [1.54, 1.807) is 18.2 Å². The van der Waals surface area contributed by atoms with Crippen molar-refractivity contribution in [3.63, 3.8) is 0 Å². The number of rotatable bonds is 9. The molecule has 2 saturated heterocycles. The molecule has 0 saturated carbocycles. The molecule has 206 valence electrons. The zero-order valence-corrected chi connectivity index (χ0v) is 21.9. The van der Waals surface area contributed by atoms with Crippen LogP contribution in [0.3, 0.4) is 0 Å². The van der Waals surface area contributed by atoms with Gasteiger partial charge >= 0.3 is 0 Å². The number of carbonyl (C=O) groups is 1. The molecule has 1 N–H and O–H groups in total. The van der Waals surface area contributed by atoms with Gasteiger partial charge in [0.05, 0.1) is 38.1 Å². The van der Waals surface area contributed by atoms with E-state index in [0.717, 1.165) is 25.9 Å². The van der Waals surface area contributed by atoms with E-state index in [-0.39, 0.29) is 36.9 Å². The molecule has 4 heterocycles. The van der Waals surface area contributed by atoms with Crippen LogP contribution in [0.15, 0.2) is 51.6 Å². The van der Waals surface area contributed by atoms with Crippen molar-refractivity contribution >= 4 is 16.9 Å². The number of likely N-dealkylation sites (tertiary alicyclic amines) is 2. The third-order valence-electron chi connectivity index (χ3n) is 7.80. The maximum Gasteiger partial charge on any atom is 0.288 e. The van der Waals surface area contributed by atoms with Gasteiger partial charge in [-0.25, -0.2) is 0 Å². The fourth-order valence-electron chi connectivity index (χ4n) is 5.75. The Kier molecular flexibility index (Phi) is 9.11. The van der Waals surface area contributed by atoms with Crippen LogP contribution in [0.1, 0.15) is 50.0 Å². The van der Waals surface area contributed by atoms with Crippen LogP contribution in [0.25, 0.3) is 11.0 Å². The number of ether oxygens (including phenoxy) is 3. The predicted molar refractivity (Wildman–Crippen MR) is 142 cm³/mol. The van der Waals surface area contributed by atoms with Crippen molar-refractivity contribution in [3.05, 3.63) is 58.2 Å². The first-order valence-electron chi connectivity index (χ1n) is 13.9. The van der Waals surface area contributed by atoms with Gasteiger partial charge in [0.25, 0.3) is 5.91 Å². The van der Waals surface area contributed by atoms with Gasteiger partial charge in [0.15, 0.2) is 11.2 Å². The molecule has 2 unspecified atom stereocenters. The van der Waals surface area contributed by atoms with Gasteiger partial charge < -0.3 is 33.5 Å². The first-order chi connectivity index (χ1) is 18.6. The fraction of sp³-hybridized carbons (Fsp3) is 0.586. The minimum Gasteiger partial charge on any atom is -0.464 e. The Labute approximate surface area is 222 Å². The standard InChI is InChI=1S/C29H38N2O7/c32-14-15-35-16-17-36-27-19-21(24-20-37-25-7-3-2-6-23(25)28(24)33)18-26(38-27)29(34)31-12-8-22(9-13-31)30-10-4-1-5-11-30/h2-3,6-7,18,20-22,27,32H,1,4-5,8-17,19H2. The highest BCUT2D eigenvalue weighted by atomic mass is 16.7. The number of aliphatic hydroxyl groups is 1. The summed E-state index contributed by atoms with van der Waals surface area (Å²) in [5, 5.41) is 9.41. The van der Waals surface area contributed by atoms with Crippen molar-refractivity contribution in [2.75, 3.05) is 52.6 Å². The number of amides is 1. The highest BCUT2D eigenvalue weighted by molar-refractivity contribution is 5.92. The van der Waals surface area contributed by atoms with Gasteiger partial charge in [-0.05, 0) is 57.0 Å². The van der Waals surface area contributed by atoms with E-state index in [0.29, 0.717) is 48.7 Å². The average Bonchev–Trinajstić information content (AvgIpc) is 2.97. The third-order valence-corrected chi connectivity index (χ3v) is 7.80. The van der Waals surface area contributed by atoms with Crippen LogP contribution in [0, 0.1) is 0 Å². The highest BCUT2D eigenvalue weighted by Crippen LogP contribution is 2.32. The maximum absolute atomic E-state index is 13.6. The number of para-hydroxylation sites is 1. The Morgan fingerprint density at radius 3 is 2.61 bits per heavy atom. The van der Waals surface area contributed by atoms with Gasteiger partial charge in [0.1, 0.15) is 5.58 Å². The molecule has 0 bridgehead atoms. The lowest BCUT2D eigenvalue weighted by Crippen LogP contribution is -2.49. The average molecular weight is 527 g/mol. The van der Waals surface area contributed by atoms with E-state index in [1.807, 2.05) is 17.0 Å². The number of carbonyl (C=O) groups excluding carboxylic acids is 1. The molecule has 5 rings (SSSR count). The molecule has 1 aromatic heterocycles. The van der Waals surface area contributed by atoms with Gasteiger partial charge in [-0.3, -0.25) is 9.59 Å². The summed E-state index contributed by atoms with van der Waals surface area (Å²) in [5.41, 5.74) is 0.888. The summed E-state index contributed by atoms with van der Waals surface area (Å²) in [4.78, 5) is 31.3. The lowest BCUT2D eigenvalue weighted by Gasteiger charge is -2.40. The van der Waals surface area contributed by atoms with Crippen LogP contribution < -0.4 is 5.43 Å². The second-order valence-electron chi connectivity index (χ2n) is 10.3. The largest absolute Gasteiger partial charge is 0.464 e. The van der Waals surface area contributed by atoms with E-state index in [1.165, 1.54) is 25.5 Å². The van der Waals surface area contributed by atoms with E-state index >= 15 is 0 Å². The molecule has 2 fully saturated rings. The zero-order chi connectivity index (χ0) is 26.3. The molecule has 0 aliphatic carbocycles. The van der Waals surface area contributed by atoms with Crippen LogP contribution >= 0.6 is 0 Å². The van der Waals surface area contributed by atoms with E-state index in [4.69, 9.17) is 23.7 Å². The minimum atomic E-state index is -0.710. The van der Waals surface area contributed by atoms with Crippen LogP contribution in [0.2, 0.25) is 0 Å². The summed E-state index contributed by atoms with van der Waals surface area (Å²) >= 11 is 0. The second-order valence-corrected chi connectivity index (χ2v) is 10.3. The molecule has 2 atom stereocenters. The summed E-state index contributed by atoms with van der Waals surface area (Å²) < 4.78 is 23.0. The van der Waals surface area contributed by atoms with Gasteiger partial charge in [0, 0.05) is 37.0 Å². The molecular weight excluding hydrogens is 488 g/mol. The minimum absolute atomic E-state index is 0.0599. The van der Waals surface area contributed by atoms with Crippen LogP contribution in [-0.2, 0) is 19.0 Å². The van der Waals surface area contributed by atoms with Gasteiger partial charge in [-0.2, -0.15) is 0 Å². The van der Waals surface area contributed by atoms with E-state index < -0.39 is 12.2 Å². The summed E-state index contributed by atoms with van der Waals surface area (Å²) in [7, 11) is 0. The van der Waals surface area contributed by atoms with Gasteiger partial charge in [-0.15, -0.1) is 0 Å². The molecule has 2 aromatic rings. The number of fused-ring (bicyclic) bond motifs is 1. The number of nitrogens with zero attached hydrogens (tertiary/aromatic N) is 2. The first-order valence-corrected chi connectivity index (χ1v) is 13.9. The maximum atomic E-state index is 13.6. The number of benzene rings is 1. The van der Waals surface area contributed by atoms with Crippen molar-refractivity contribution in [3.8, 4) is 0 Å². The number of piperidine rings is 2. The summed E-state index contributed by atoms with van der Waals surface area (Å²) in [6, 6.07) is 7.68. The smallest absolute Gasteiger partial charge is 0.288 e. The molecule has 3 aliphatic rings. The van der Waals surface area contributed by atoms with Gasteiger partial charge in [0.2, 0.25) is 6.29 Å². The monoisotopic (exact) mass is 526 g/mol. The summed E-state index contributed by atoms with van der Waals surface area (Å²) in [6.45, 7) is 4.39. The van der Waals surface area contributed by atoms with Crippen LogP contribution in [0.5, 0.6) is 0 Å².